The number of H-pyrrole nitrogens is 1. The van der Waals surface area contributed by atoms with Crippen LogP contribution in [0.1, 0.15) is 46.8 Å². The van der Waals surface area contributed by atoms with Crippen LogP contribution in [0.2, 0.25) is 0 Å². The third-order valence-corrected chi connectivity index (χ3v) is 6.68. The van der Waals surface area contributed by atoms with Gasteiger partial charge < -0.3 is 16.0 Å². The predicted octanol–water partition coefficient (Wildman–Crippen LogP) is 6.21. The summed E-state index contributed by atoms with van der Waals surface area (Å²) in [5.74, 6) is 0.544. The second kappa shape index (κ2) is 10.3. The fraction of sp³-hybridized carbons (Fsp3) is 0.296. The summed E-state index contributed by atoms with van der Waals surface area (Å²) in [4.78, 5) is 16.4. The van der Waals surface area contributed by atoms with Crippen molar-refractivity contribution in [3.05, 3.63) is 82.8 Å². The van der Waals surface area contributed by atoms with E-state index in [1.807, 2.05) is 0 Å². The van der Waals surface area contributed by atoms with Crippen LogP contribution in [0.15, 0.2) is 54.7 Å². The zero-order chi connectivity index (χ0) is 27.8. The number of aromatic amines is 1. The minimum absolute atomic E-state index is 0.0310. The van der Waals surface area contributed by atoms with E-state index in [0.29, 0.717) is 22.6 Å². The number of halogens is 6. The number of hydrogen-bond acceptors (Lipinski definition) is 5. The number of nitrogens with one attached hydrogen (secondary N) is 2. The Morgan fingerprint density at radius 3 is 2.21 bits per heavy atom. The Morgan fingerprint density at radius 2 is 1.51 bits per heavy atom. The number of nitrogen functional groups attached to an aromatic ring is 1. The predicted molar refractivity (Wildman–Crippen MR) is 134 cm³/mol. The summed E-state index contributed by atoms with van der Waals surface area (Å²) in [6.45, 7) is 1.53. The molecule has 0 unspecified atom stereocenters. The van der Waals surface area contributed by atoms with E-state index in [1.165, 1.54) is 24.4 Å². The zero-order valence-electron chi connectivity index (χ0n) is 20.5. The number of aromatic nitrogens is 4. The molecule has 1 fully saturated rings. The van der Waals surface area contributed by atoms with Gasteiger partial charge in [-0.15, -0.1) is 0 Å². The van der Waals surface area contributed by atoms with Gasteiger partial charge in [0.25, 0.3) is 0 Å². The van der Waals surface area contributed by atoms with Crippen molar-refractivity contribution in [1.82, 2.24) is 25.3 Å². The van der Waals surface area contributed by atoms with Gasteiger partial charge in [-0.2, -0.15) is 26.3 Å². The van der Waals surface area contributed by atoms with Crippen LogP contribution in [-0.2, 0) is 18.8 Å². The number of piperidine rings is 1. The monoisotopic (exact) mass is 546 g/mol. The van der Waals surface area contributed by atoms with Gasteiger partial charge in [0.1, 0.15) is 5.82 Å². The van der Waals surface area contributed by atoms with Crippen LogP contribution in [-0.4, -0.2) is 33.0 Å². The van der Waals surface area contributed by atoms with Gasteiger partial charge in [-0.3, -0.25) is 0 Å². The molecule has 12 heteroatoms. The zero-order valence-corrected chi connectivity index (χ0v) is 20.5. The Hall–Kier alpha value is -3.93. The summed E-state index contributed by atoms with van der Waals surface area (Å²) >= 11 is 0. The van der Waals surface area contributed by atoms with Crippen LogP contribution >= 0.6 is 0 Å². The first-order valence-electron chi connectivity index (χ1n) is 12.2. The molecule has 2 aromatic heterocycles. The molecule has 0 radical (unpaired) electrons. The maximum absolute atomic E-state index is 13.5. The minimum atomic E-state index is -4.56. The highest BCUT2D eigenvalue weighted by Gasteiger charge is 2.32. The molecule has 1 aliphatic heterocycles. The van der Waals surface area contributed by atoms with Crippen molar-refractivity contribution in [1.29, 1.82) is 0 Å². The van der Waals surface area contributed by atoms with Gasteiger partial charge in [0.15, 0.2) is 0 Å². The van der Waals surface area contributed by atoms with Crippen molar-refractivity contribution in [2.45, 2.75) is 37.5 Å². The Kier molecular flexibility index (Phi) is 7.06. The van der Waals surface area contributed by atoms with E-state index in [1.54, 1.807) is 6.07 Å². The number of nitrogens with two attached hydrogens (primary N) is 1. The van der Waals surface area contributed by atoms with Crippen molar-refractivity contribution in [3.8, 4) is 22.6 Å². The van der Waals surface area contributed by atoms with Gasteiger partial charge >= 0.3 is 12.4 Å². The average molecular weight is 547 g/mol. The smallest absolute Gasteiger partial charge is 0.368 e. The summed E-state index contributed by atoms with van der Waals surface area (Å²) in [6, 6.07) is 9.72. The normalized spacial score (nSPS) is 15.0. The molecule has 39 heavy (non-hydrogen) atoms. The number of imidazole rings is 1. The molecule has 0 bridgehead atoms. The Bertz CT molecular complexity index is 1470. The van der Waals surface area contributed by atoms with Crippen molar-refractivity contribution in [2.24, 2.45) is 0 Å². The van der Waals surface area contributed by atoms with Crippen LogP contribution < -0.4 is 11.1 Å². The van der Waals surface area contributed by atoms with E-state index in [0.717, 1.165) is 50.2 Å². The quantitative estimate of drug-likeness (QED) is 0.259. The maximum Gasteiger partial charge on any atom is 0.416 e. The van der Waals surface area contributed by atoms with Crippen LogP contribution in [0.5, 0.6) is 0 Å². The third kappa shape index (κ3) is 5.90. The lowest BCUT2D eigenvalue weighted by atomic mass is 9.97. The standard InChI is InChI=1S/C27H24F6N6/c28-26(29,30)19-5-1-3-15(12-19)11-18-14-36-25(34)39-22(18)23-21(17-4-2-6-20(13-17)27(31,32)33)37-24(38-23)16-7-9-35-10-8-16/h1-6,12-14,16,35H,7-11H2,(H,37,38)(H2,34,36,39). The lowest BCUT2D eigenvalue weighted by Gasteiger charge is -2.20. The van der Waals surface area contributed by atoms with Crippen LogP contribution in [0.4, 0.5) is 32.3 Å². The average Bonchev–Trinajstić information content (AvgIpc) is 3.35. The molecule has 0 atom stereocenters. The van der Waals surface area contributed by atoms with Crippen LogP contribution in [0.25, 0.3) is 22.6 Å². The van der Waals surface area contributed by atoms with Crippen molar-refractivity contribution in [2.75, 3.05) is 18.8 Å². The summed E-state index contributed by atoms with van der Waals surface area (Å²) in [5, 5.41) is 3.27. The highest BCUT2D eigenvalue weighted by molar-refractivity contribution is 5.79. The molecular formula is C27H24F6N6. The van der Waals surface area contributed by atoms with Gasteiger partial charge in [0.2, 0.25) is 5.95 Å². The summed E-state index contributed by atoms with van der Waals surface area (Å²) in [6.07, 6.45) is -6.07. The second-order valence-electron chi connectivity index (χ2n) is 9.43. The van der Waals surface area contributed by atoms with Gasteiger partial charge in [-0.05, 0) is 49.7 Å². The largest absolute Gasteiger partial charge is 0.416 e. The van der Waals surface area contributed by atoms with E-state index in [2.05, 4.69) is 20.3 Å². The molecule has 204 valence electrons. The van der Waals surface area contributed by atoms with Crippen LogP contribution in [0, 0.1) is 0 Å². The van der Waals surface area contributed by atoms with Crippen molar-refractivity contribution in [3.63, 3.8) is 0 Å². The van der Waals surface area contributed by atoms with E-state index in [9.17, 15) is 26.3 Å². The fourth-order valence-corrected chi connectivity index (χ4v) is 4.75. The first kappa shape index (κ1) is 26.7. The molecule has 1 saturated heterocycles. The molecule has 0 spiro atoms. The molecule has 4 N–H and O–H groups in total. The first-order valence-corrected chi connectivity index (χ1v) is 12.2. The van der Waals surface area contributed by atoms with Crippen molar-refractivity contribution < 1.29 is 26.3 Å². The fourth-order valence-electron chi connectivity index (χ4n) is 4.75. The summed E-state index contributed by atoms with van der Waals surface area (Å²) < 4.78 is 80.5. The van der Waals surface area contributed by atoms with Gasteiger partial charge in [-0.25, -0.2) is 15.0 Å². The van der Waals surface area contributed by atoms with Crippen molar-refractivity contribution >= 4 is 5.95 Å². The minimum Gasteiger partial charge on any atom is -0.368 e. The SMILES string of the molecule is Nc1ncc(Cc2cccc(C(F)(F)F)c2)c(-c2[nH]c(C3CCNCC3)nc2-c2cccc(C(F)(F)F)c2)n1. The Morgan fingerprint density at radius 1 is 0.846 bits per heavy atom. The molecule has 1 aliphatic rings. The molecule has 0 aliphatic carbocycles. The maximum atomic E-state index is 13.5. The van der Waals surface area contributed by atoms with E-state index >= 15 is 0 Å². The molecule has 6 nitrogen and oxygen atoms in total. The number of benzene rings is 2. The number of alkyl halides is 6. The number of hydrogen-bond donors (Lipinski definition) is 3. The number of anilines is 1. The number of nitrogens with zero attached hydrogens (tertiary/aromatic N) is 3. The molecule has 5 rings (SSSR count). The lowest BCUT2D eigenvalue weighted by Crippen LogP contribution is -2.27. The molecule has 2 aromatic carbocycles. The highest BCUT2D eigenvalue weighted by Crippen LogP contribution is 2.38. The molecule has 0 saturated carbocycles. The Balaban J connectivity index is 1.64. The topological polar surface area (TPSA) is 92.5 Å². The second-order valence-corrected chi connectivity index (χ2v) is 9.43. The molecule has 0 amide bonds. The number of rotatable bonds is 5. The van der Waals surface area contributed by atoms with Gasteiger partial charge in [0.05, 0.1) is 28.2 Å². The highest BCUT2D eigenvalue weighted by atomic mass is 19.4. The van der Waals surface area contributed by atoms with Crippen LogP contribution in [0.3, 0.4) is 0 Å². The van der Waals surface area contributed by atoms with E-state index in [4.69, 9.17) is 10.7 Å². The van der Waals surface area contributed by atoms with Gasteiger partial charge in [-0.1, -0.05) is 30.3 Å². The van der Waals surface area contributed by atoms with Gasteiger partial charge in [0, 0.05) is 29.7 Å². The Labute approximate surface area is 219 Å². The molecule has 3 heterocycles. The summed E-state index contributed by atoms with van der Waals surface area (Å²) in [5.41, 5.74) is 6.14. The molecular weight excluding hydrogens is 522 g/mol. The lowest BCUT2D eigenvalue weighted by molar-refractivity contribution is -0.138. The molecule has 4 aromatic rings. The van der Waals surface area contributed by atoms with E-state index in [-0.39, 0.29) is 35.2 Å². The third-order valence-electron chi connectivity index (χ3n) is 6.68. The van der Waals surface area contributed by atoms with E-state index < -0.39 is 23.5 Å². The first-order chi connectivity index (χ1) is 18.5. The summed E-state index contributed by atoms with van der Waals surface area (Å²) in [7, 11) is 0.